The predicted molar refractivity (Wildman–Crippen MR) is 111 cm³/mol. The van der Waals surface area contributed by atoms with Crippen LogP contribution in [0.1, 0.15) is 21.5 Å². The minimum Gasteiger partial charge on any atom is -0.423 e. The first-order valence-electron chi connectivity index (χ1n) is 8.92. The minimum absolute atomic E-state index is 0.200. The molecule has 3 aromatic rings. The fourth-order valence-corrected chi connectivity index (χ4v) is 4.36. The zero-order valence-corrected chi connectivity index (χ0v) is 16.7. The van der Waals surface area contributed by atoms with E-state index in [4.69, 9.17) is 4.74 Å². The molecule has 0 bridgehead atoms. The number of ether oxygens (including phenoxy) is 1. The van der Waals surface area contributed by atoms with Gasteiger partial charge in [-0.25, -0.2) is 4.79 Å². The Morgan fingerprint density at radius 2 is 1.69 bits per heavy atom. The van der Waals surface area contributed by atoms with Crippen LogP contribution in [0, 0.1) is 6.92 Å². The van der Waals surface area contributed by atoms with Gasteiger partial charge in [0.1, 0.15) is 10.6 Å². The molecule has 0 aromatic heterocycles. The molecule has 1 heterocycles. The maximum absolute atomic E-state index is 12.3. The number of rotatable bonds is 3. The zero-order valence-electron chi connectivity index (χ0n) is 15.9. The molecule has 146 valence electrons. The van der Waals surface area contributed by atoms with Gasteiger partial charge < -0.3 is 9.64 Å². The highest BCUT2D eigenvalue weighted by Crippen LogP contribution is 2.29. The van der Waals surface area contributed by atoms with Crippen molar-refractivity contribution in [3.8, 4) is 5.75 Å². The molecule has 7 heteroatoms. The summed E-state index contributed by atoms with van der Waals surface area (Å²) in [5.74, 6) is 0.315. The molecule has 1 aliphatic rings. The molecule has 0 amide bonds. The second-order valence-electron chi connectivity index (χ2n) is 6.70. The van der Waals surface area contributed by atoms with Crippen molar-refractivity contribution in [2.45, 2.75) is 11.8 Å². The van der Waals surface area contributed by atoms with Crippen molar-refractivity contribution < 1.29 is 17.9 Å². The molecule has 3 aromatic carbocycles. The van der Waals surface area contributed by atoms with E-state index in [2.05, 4.69) is 4.40 Å². The van der Waals surface area contributed by atoms with E-state index < -0.39 is 16.0 Å². The van der Waals surface area contributed by atoms with Gasteiger partial charge in [0.15, 0.2) is 5.84 Å². The number of benzene rings is 3. The molecule has 6 nitrogen and oxygen atoms in total. The van der Waals surface area contributed by atoms with Crippen molar-refractivity contribution in [3.05, 3.63) is 89.5 Å². The van der Waals surface area contributed by atoms with Gasteiger partial charge in [0.2, 0.25) is 0 Å². The summed E-state index contributed by atoms with van der Waals surface area (Å²) in [4.78, 5) is 14.2. The van der Waals surface area contributed by atoms with Crippen LogP contribution < -0.4 is 9.64 Å². The van der Waals surface area contributed by atoms with Crippen molar-refractivity contribution in [1.82, 2.24) is 0 Å². The number of carbonyl (C=O) groups is 1. The lowest BCUT2D eigenvalue weighted by Crippen LogP contribution is -2.25. The van der Waals surface area contributed by atoms with Gasteiger partial charge in [-0.1, -0.05) is 29.8 Å². The van der Waals surface area contributed by atoms with Gasteiger partial charge in [-0.2, -0.15) is 8.42 Å². The highest BCUT2D eigenvalue weighted by molar-refractivity contribution is 7.90. The number of carbonyl (C=O) groups excluding carboxylic acids is 1. The topological polar surface area (TPSA) is 76.0 Å². The van der Waals surface area contributed by atoms with Gasteiger partial charge in [-0.15, -0.1) is 4.40 Å². The molecule has 0 spiro atoms. The van der Waals surface area contributed by atoms with Gasteiger partial charge in [0, 0.05) is 18.3 Å². The fraction of sp³-hybridized carbons (Fsp3) is 0.0909. The Labute approximate surface area is 169 Å². The maximum atomic E-state index is 12.3. The Morgan fingerprint density at radius 1 is 0.966 bits per heavy atom. The van der Waals surface area contributed by atoms with E-state index in [1.54, 1.807) is 78.7 Å². The Bertz CT molecular complexity index is 1230. The normalized spacial score (nSPS) is 14.1. The van der Waals surface area contributed by atoms with Crippen LogP contribution in [0.25, 0.3) is 0 Å². The third kappa shape index (κ3) is 3.64. The molecule has 0 saturated carbocycles. The summed E-state index contributed by atoms with van der Waals surface area (Å²) >= 11 is 0. The molecule has 0 N–H and O–H groups in total. The fourth-order valence-electron chi connectivity index (χ4n) is 3.13. The zero-order chi connectivity index (χ0) is 20.6. The van der Waals surface area contributed by atoms with Crippen molar-refractivity contribution in [2.24, 2.45) is 4.40 Å². The first-order chi connectivity index (χ1) is 13.8. The van der Waals surface area contributed by atoms with Crippen LogP contribution in [0.15, 0.2) is 82.1 Å². The third-order valence-electron chi connectivity index (χ3n) is 4.62. The lowest BCUT2D eigenvalue weighted by Gasteiger charge is -2.19. The Hall–Kier alpha value is -3.45. The molecule has 0 saturated heterocycles. The van der Waals surface area contributed by atoms with E-state index in [0.717, 1.165) is 5.56 Å². The Morgan fingerprint density at radius 3 is 2.41 bits per heavy atom. The highest BCUT2D eigenvalue weighted by atomic mass is 32.2. The summed E-state index contributed by atoms with van der Waals surface area (Å²) in [5.41, 5.74) is 2.73. The first-order valence-corrected chi connectivity index (χ1v) is 10.4. The van der Waals surface area contributed by atoms with Crippen LogP contribution in [0.2, 0.25) is 0 Å². The molecule has 29 heavy (non-hydrogen) atoms. The van der Waals surface area contributed by atoms with Crippen LogP contribution in [-0.2, 0) is 10.0 Å². The molecule has 0 aliphatic carbocycles. The number of aryl methyl sites for hydroxylation is 1. The van der Waals surface area contributed by atoms with E-state index in [0.29, 0.717) is 28.4 Å². The van der Waals surface area contributed by atoms with Gasteiger partial charge in [0.25, 0.3) is 10.0 Å². The number of fused-ring (bicyclic) bond motifs is 1. The lowest BCUT2D eigenvalue weighted by molar-refractivity contribution is 0.0734. The van der Waals surface area contributed by atoms with E-state index in [9.17, 15) is 13.2 Å². The second kappa shape index (κ2) is 7.18. The van der Waals surface area contributed by atoms with Crippen molar-refractivity contribution >= 4 is 27.5 Å². The summed E-state index contributed by atoms with van der Waals surface area (Å²) in [5, 5.41) is 0. The van der Waals surface area contributed by atoms with Crippen molar-refractivity contribution in [1.29, 1.82) is 0 Å². The third-order valence-corrected chi connectivity index (χ3v) is 5.94. The van der Waals surface area contributed by atoms with Crippen LogP contribution in [0.4, 0.5) is 5.69 Å². The van der Waals surface area contributed by atoms with Crippen LogP contribution in [-0.4, -0.2) is 27.3 Å². The van der Waals surface area contributed by atoms with E-state index in [1.807, 2.05) is 13.0 Å². The van der Waals surface area contributed by atoms with Crippen LogP contribution >= 0.6 is 0 Å². The van der Waals surface area contributed by atoms with E-state index in [-0.39, 0.29) is 4.90 Å². The number of esters is 1. The average molecular weight is 406 g/mol. The molecule has 4 rings (SSSR count). The summed E-state index contributed by atoms with van der Waals surface area (Å²) < 4.78 is 33.9. The SMILES string of the molecule is Cc1cccc(C(=O)Oc2ccc(N(C)C3=NS(=O)(=O)c4ccccc43)cc2)c1. The monoisotopic (exact) mass is 406 g/mol. The Kier molecular flexibility index (Phi) is 4.68. The average Bonchev–Trinajstić information content (AvgIpc) is 2.99. The quantitative estimate of drug-likeness (QED) is 0.488. The number of anilines is 1. The van der Waals surface area contributed by atoms with Crippen LogP contribution in [0.5, 0.6) is 5.75 Å². The summed E-state index contributed by atoms with van der Waals surface area (Å²) in [6.07, 6.45) is 0. The Balaban J connectivity index is 1.55. The summed E-state index contributed by atoms with van der Waals surface area (Å²) in [6, 6.07) is 20.7. The lowest BCUT2D eigenvalue weighted by atomic mass is 10.1. The predicted octanol–water partition coefficient (Wildman–Crippen LogP) is 3.80. The highest BCUT2D eigenvalue weighted by Gasteiger charge is 2.30. The number of sulfonamides is 1. The largest absolute Gasteiger partial charge is 0.423 e. The van der Waals surface area contributed by atoms with Crippen LogP contribution in [0.3, 0.4) is 0 Å². The smallest absolute Gasteiger partial charge is 0.343 e. The second-order valence-corrected chi connectivity index (χ2v) is 8.27. The number of hydrogen-bond donors (Lipinski definition) is 0. The maximum Gasteiger partial charge on any atom is 0.343 e. The van der Waals surface area contributed by atoms with Gasteiger partial charge in [0.05, 0.1) is 5.56 Å². The molecule has 0 fully saturated rings. The summed E-state index contributed by atoms with van der Waals surface area (Å²) in [7, 11) is -1.95. The molecule has 0 atom stereocenters. The number of amidine groups is 1. The van der Waals surface area contributed by atoms with Gasteiger partial charge >= 0.3 is 5.97 Å². The van der Waals surface area contributed by atoms with Gasteiger partial charge in [-0.05, 0) is 55.5 Å². The van der Waals surface area contributed by atoms with Gasteiger partial charge in [-0.3, -0.25) is 0 Å². The van der Waals surface area contributed by atoms with Crippen molar-refractivity contribution in [2.75, 3.05) is 11.9 Å². The first kappa shape index (κ1) is 18.9. The van der Waals surface area contributed by atoms with Crippen molar-refractivity contribution in [3.63, 3.8) is 0 Å². The van der Waals surface area contributed by atoms with E-state index >= 15 is 0 Å². The molecule has 0 radical (unpaired) electrons. The minimum atomic E-state index is -3.69. The number of hydrogen-bond acceptors (Lipinski definition) is 5. The molecule has 0 unspecified atom stereocenters. The summed E-state index contributed by atoms with van der Waals surface area (Å²) in [6.45, 7) is 1.91. The molecular weight excluding hydrogens is 388 g/mol. The molecular formula is C22H18N2O4S. The van der Waals surface area contributed by atoms with E-state index in [1.165, 1.54) is 0 Å². The standard InChI is InChI=1S/C22H18N2O4S/c1-15-6-5-7-16(14-15)22(25)28-18-12-10-17(11-13-18)24(2)21-19-8-3-4-9-20(19)29(26,27)23-21/h3-14H,1-2H3. The number of nitrogens with zero attached hydrogens (tertiary/aromatic N) is 2. The molecule has 1 aliphatic heterocycles.